The van der Waals surface area contributed by atoms with Gasteiger partial charge in [0.15, 0.2) is 0 Å². The Hall–Kier alpha value is 0.580. The zero-order valence-electron chi connectivity index (χ0n) is 11.0. The van der Waals surface area contributed by atoms with Crippen LogP contribution in [-0.4, -0.2) is 31.1 Å². The van der Waals surface area contributed by atoms with Crippen molar-refractivity contribution in [2.45, 2.75) is 31.7 Å². The van der Waals surface area contributed by atoms with E-state index in [1.54, 1.807) is 0 Å². The Balaban J connectivity index is 1.86. The van der Waals surface area contributed by atoms with Gasteiger partial charge in [0.25, 0.3) is 0 Å². The van der Waals surface area contributed by atoms with Gasteiger partial charge in [0.1, 0.15) is 0 Å². The van der Waals surface area contributed by atoms with Crippen molar-refractivity contribution in [3.63, 3.8) is 0 Å². The van der Waals surface area contributed by atoms with Crippen molar-refractivity contribution in [3.05, 3.63) is 19.2 Å². The summed E-state index contributed by atoms with van der Waals surface area (Å²) in [6.07, 6.45) is 5.64. The van der Waals surface area contributed by atoms with E-state index >= 15 is 0 Å². The van der Waals surface area contributed by atoms with E-state index < -0.39 is 0 Å². The summed E-state index contributed by atoms with van der Waals surface area (Å²) in [5.74, 6) is 0.857. The van der Waals surface area contributed by atoms with E-state index in [1.165, 1.54) is 51.9 Å². The zero-order chi connectivity index (χ0) is 13.2. The smallest absolute Gasteiger partial charge is 0.0843 e. The standard InChI is InChI=1S/C14H20Br2N2S/c15-11-9-12(19-14(11)16)13(10-3-1-2-4-10)18-7-5-17-6-8-18/h9-10,13,17H,1-8H2/t13-/m0/s1. The Morgan fingerprint density at radius 2 is 1.89 bits per heavy atom. The second-order valence-electron chi connectivity index (χ2n) is 5.55. The fourth-order valence-electron chi connectivity index (χ4n) is 3.45. The quantitative estimate of drug-likeness (QED) is 0.798. The summed E-state index contributed by atoms with van der Waals surface area (Å²) < 4.78 is 2.45. The molecule has 2 nitrogen and oxygen atoms in total. The largest absolute Gasteiger partial charge is 0.314 e. The molecule has 1 aliphatic carbocycles. The SMILES string of the molecule is Brc1cc([C@H](C2CCCC2)N2CCNCC2)sc1Br. The third-order valence-corrected chi connectivity index (χ3v) is 7.67. The van der Waals surface area contributed by atoms with Gasteiger partial charge in [-0.15, -0.1) is 11.3 Å². The maximum absolute atomic E-state index is 3.66. The predicted octanol–water partition coefficient (Wildman–Crippen LogP) is 4.41. The van der Waals surface area contributed by atoms with Gasteiger partial charge in [-0.25, -0.2) is 0 Å². The Morgan fingerprint density at radius 1 is 1.21 bits per heavy atom. The highest BCUT2D eigenvalue weighted by Gasteiger charge is 2.33. The first kappa shape index (κ1) is 14.5. The van der Waals surface area contributed by atoms with Gasteiger partial charge < -0.3 is 5.32 Å². The zero-order valence-corrected chi connectivity index (χ0v) is 15.0. The van der Waals surface area contributed by atoms with Gasteiger partial charge in [-0.3, -0.25) is 4.90 Å². The van der Waals surface area contributed by atoms with Crippen molar-refractivity contribution in [1.29, 1.82) is 0 Å². The van der Waals surface area contributed by atoms with Crippen molar-refractivity contribution < 1.29 is 0 Å². The molecule has 1 N–H and O–H groups in total. The van der Waals surface area contributed by atoms with Crippen LogP contribution in [0, 0.1) is 5.92 Å². The number of halogens is 2. The van der Waals surface area contributed by atoms with Crippen LogP contribution in [0.4, 0.5) is 0 Å². The molecule has 3 rings (SSSR count). The van der Waals surface area contributed by atoms with Gasteiger partial charge in [0.2, 0.25) is 0 Å². The number of hydrogen-bond acceptors (Lipinski definition) is 3. The van der Waals surface area contributed by atoms with Gasteiger partial charge in [0, 0.05) is 41.6 Å². The number of piperazine rings is 1. The second kappa shape index (κ2) is 6.56. The lowest BCUT2D eigenvalue weighted by molar-refractivity contribution is 0.128. The van der Waals surface area contributed by atoms with E-state index in [4.69, 9.17) is 0 Å². The summed E-state index contributed by atoms with van der Waals surface area (Å²) >= 11 is 9.22. The molecular formula is C14H20Br2N2S. The highest BCUT2D eigenvalue weighted by Crippen LogP contribution is 2.45. The van der Waals surface area contributed by atoms with Crippen LogP contribution in [0.5, 0.6) is 0 Å². The number of nitrogens with one attached hydrogen (secondary N) is 1. The topological polar surface area (TPSA) is 15.3 Å². The Labute approximate surface area is 136 Å². The van der Waals surface area contributed by atoms with E-state index in [0.29, 0.717) is 6.04 Å². The first-order chi connectivity index (χ1) is 9.25. The van der Waals surface area contributed by atoms with Gasteiger partial charge in [0.05, 0.1) is 3.79 Å². The monoisotopic (exact) mass is 406 g/mol. The van der Waals surface area contributed by atoms with Gasteiger partial charge in [-0.2, -0.15) is 0 Å². The molecule has 1 saturated carbocycles. The normalized spacial score (nSPS) is 23.9. The lowest BCUT2D eigenvalue weighted by atomic mass is 9.94. The van der Waals surface area contributed by atoms with E-state index in [9.17, 15) is 0 Å². The van der Waals surface area contributed by atoms with Crippen LogP contribution < -0.4 is 5.32 Å². The summed E-state index contributed by atoms with van der Waals surface area (Å²) in [6.45, 7) is 4.65. The minimum absolute atomic E-state index is 0.636. The maximum Gasteiger partial charge on any atom is 0.0843 e. The minimum atomic E-state index is 0.636. The third kappa shape index (κ3) is 3.26. The molecule has 1 atom stereocenters. The fraction of sp³-hybridized carbons (Fsp3) is 0.714. The summed E-state index contributed by atoms with van der Waals surface area (Å²) in [5.41, 5.74) is 0. The molecule has 0 aromatic carbocycles. The van der Waals surface area contributed by atoms with E-state index in [2.05, 4.69) is 48.1 Å². The van der Waals surface area contributed by atoms with E-state index in [0.717, 1.165) is 19.0 Å². The molecule has 0 spiro atoms. The molecule has 0 radical (unpaired) electrons. The average Bonchev–Trinajstić information content (AvgIpc) is 3.03. The number of hydrogen-bond donors (Lipinski definition) is 1. The Kier molecular flexibility index (Phi) is 5.01. The summed E-state index contributed by atoms with van der Waals surface area (Å²) in [4.78, 5) is 4.24. The van der Waals surface area contributed by atoms with Crippen LogP contribution in [0.25, 0.3) is 0 Å². The van der Waals surface area contributed by atoms with Crippen molar-refractivity contribution in [1.82, 2.24) is 10.2 Å². The minimum Gasteiger partial charge on any atom is -0.314 e. The summed E-state index contributed by atoms with van der Waals surface area (Å²) in [7, 11) is 0. The molecule has 2 fully saturated rings. The number of nitrogens with zero attached hydrogens (tertiary/aromatic N) is 1. The molecule has 106 valence electrons. The number of rotatable bonds is 3. The number of thiophene rings is 1. The van der Waals surface area contributed by atoms with E-state index in [1.807, 2.05) is 11.3 Å². The molecule has 1 saturated heterocycles. The first-order valence-electron chi connectivity index (χ1n) is 7.15. The summed E-state index contributed by atoms with van der Waals surface area (Å²) in [6, 6.07) is 2.97. The first-order valence-corrected chi connectivity index (χ1v) is 9.55. The fourth-order valence-corrected chi connectivity index (χ4v) is 5.77. The molecule has 0 amide bonds. The highest BCUT2D eigenvalue weighted by atomic mass is 79.9. The Bertz CT molecular complexity index is 404. The van der Waals surface area contributed by atoms with Crippen molar-refractivity contribution in [3.8, 4) is 0 Å². The summed E-state index contributed by atoms with van der Waals surface area (Å²) in [5, 5.41) is 3.47. The molecule has 1 aromatic heterocycles. The van der Waals surface area contributed by atoms with Crippen LogP contribution in [0.3, 0.4) is 0 Å². The van der Waals surface area contributed by atoms with Gasteiger partial charge >= 0.3 is 0 Å². The van der Waals surface area contributed by atoms with Crippen molar-refractivity contribution in [2.24, 2.45) is 5.92 Å². The molecule has 2 aliphatic rings. The predicted molar refractivity (Wildman–Crippen MR) is 88.9 cm³/mol. The van der Waals surface area contributed by atoms with Gasteiger partial charge in [-0.05, 0) is 56.7 Å². The maximum atomic E-state index is 3.66. The van der Waals surface area contributed by atoms with Crippen LogP contribution in [0.15, 0.2) is 14.3 Å². The molecule has 0 unspecified atom stereocenters. The second-order valence-corrected chi connectivity index (χ2v) is 8.80. The molecule has 5 heteroatoms. The van der Waals surface area contributed by atoms with Crippen LogP contribution in [0.1, 0.15) is 36.6 Å². The molecule has 1 aromatic rings. The van der Waals surface area contributed by atoms with Crippen LogP contribution in [-0.2, 0) is 0 Å². The molecule has 1 aliphatic heterocycles. The molecule has 19 heavy (non-hydrogen) atoms. The molecular weight excluding hydrogens is 388 g/mol. The average molecular weight is 408 g/mol. The van der Waals surface area contributed by atoms with Crippen molar-refractivity contribution >= 4 is 43.2 Å². The molecule has 2 heterocycles. The lowest BCUT2D eigenvalue weighted by Gasteiger charge is -2.37. The van der Waals surface area contributed by atoms with Gasteiger partial charge in [-0.1, -0.05) is 12.8 Å². The molecule has 0 bridgehead atoms. The van der Waals surface area contributed by atoms with E-state index in [-0.39, 0.29) is 0 Å². The van der Waals surface area contributed by atoms with Crippen LogP contribution in [0.2, 0.25) is 0 Å². The Morgan fingerprint density at radius 3 is 2.47 bits per heavy atom. The van der Waals surface area contributed by atoms with Crippen molar-refractivity contribution in [2.75, 3.05) is 26.2 Å². The lowest BCUT2D eigenvalue weighted by Crippen LogP contribution is -2.46. The van der Waals surface area contributed by atoms with Crippen LogP contribution >= 0.6 is 43.2 Å². The third-order valence-electron chi connectivity index (χ3n) is 4.35. The highest BCUT2D eigenvalue weighted by molar-refractivity contribution is 9.13.